The number of nitrogens with one attached hydrogen (secondary N) is 2. The maximum absolute atomic E-state index is 12.2. The highest BCUT2D eigenvalue weighted by Crippen LogP contribution is 2.38. The highest BCUT2D eigenvalue weighted by molar-refractivity contribution is 6.00. The first-order valence-corrected chi connectivity index (χ1v) is 7.50. The van der Waals surface area contributed by atoms with Crippen molar-refractivity contribution in [1.29, 1.82) is 0 Å². The van der Waals surface area contributed by atoms with E-state index >= 15 is 0 Å². The summed E-state index contributed by atoms with van der Waals surface area (Å²) in [5.41, 5.74) is 3.57. The monoisotopic (exact) mass is 321 g/mol. The number of fused-ring (bicyclic) bond motifs is 1. The third-order valence-corrected chi connectivity index (χ3v) is 4.14. The Balaban J connectivity index is 1.86. The van der Waals surface area contributed by atoms with E-state index in [1.807, 2.05) is 30.3 Å². The fourth-order valence-electron chi connectivity index (χ4n) is 3.03. The van der Waals surface area contributed by atoms with Crippen molar-refractivity contribution in [3.63, 3.8) is 0 Å². The SMILES string of the molecule is COc1cccc(-c2n[nH]c3c2C(c2cccc(O)c2)NC3=O)c1. The number of phenolic OH excluding ortho intramolecular Hbond substituents is 1. The zero-order valence-electron chi connectivity index (χ0n) is 12.9. The van der Waals surface area contributed by atoms with Crippen LogP contribution in [0.15, 0.2) is 48.5 Å². The molecule has 2 heterocycles. The number of carbonyl (C=O) groups is 1. The summed E-state index contributed by atoms with van der Waals surface area (Å²) >= 11 is 0. The minimum absolute atomic E-state index is 0.154. The van der Waals surface area contributed by atoms with Crippen molar-refractivity contribution in [3.8, 4) is 22.8 Å². The van der Waals surface area contributed by atoms with Gasteiger partial charge in [0.1, 0.15) is 17.2 Å². The van der Waals surface area contributed by atoms with Crippen molar-refractivity contribution >= 4 is 5.91 Å². The highest BCUT2D eigenvalue weighted by atomic mass is 16.5. The number of nitrogens with zero attached hydrogens (tertiary/aromatic N) is 1. The number of carbonyl (C=O) groups excluding carboxylic acids is 1. The van der Waals surface area contributed by atoms with Crippen molar-refractivity contribution < 1.29 is 14.6 Å². The number of methoxy groups -OCH3 is 1. The smallest absolute Gasteiger partial charge is 0.270 e. The van der Waals surface area contributed by atoms with Gasteiger partial charge in [0.25, 0.3) is 5.91 Å². The average Bonchev–Trinajstić information content (AvgIpc) is 3.16. The zero-order chi connectivity index (χ0) is 16.7. The van der Waals surface area contributed by atoms with Gasteiger partial charge in [-0.25, -0.2) is 0 Å². The fraction of sp³-hybridized carbons (Fsp3) is 0.111. The third kappa shape index (κ3) is 2.20. The Morgan fingerprint density at radius 2 is 2.00 bits per heavy atom. The van der Waals surface area contributed by atoms with Gasteiger partial charge in [-0.15, -0.1) is 0 Å². The molecule has 3 N–H and O–H groups in total. The van der Waals surface area contributed by atoms with Crippen LogP contribution in [-0.2, 0) is 0 Å². The van der Waals surface area contributed by atoms with Crippen LogP contribution in [0.25, 0.3) is 11.3 Å². The molecule has 6 heteroatoms. The van der Waals surface area contributed by atoms with Crippen molar-refractivity contribution in [2.24, 2.45) is 0 Å². The Bertz CT molecular complexity index is 933. The second-order valence-electron chi connectivity index (χ2n) is 5.59. The molecule has 1 aromatic heterocycles. The summed E-state index contributed by atoms with van der Waals surface area (Å²) in [7, 11) is 1.61. The molecule has 4 rings (SSSR count). The minimum atomic E-state index is -0.362. The van der Waals surface area contributed by atoms with E-state index in [-0.39, 0.29) is 17.7 Å². The van der Waals surface area contributed by atoms with Crippen LogP contribution in [0.1, 0.15) is 27.7 Å². The number of ether oxygens (including phenoxy) is 1. The van der Waals surface area contributed by atoms with Crippen LogP contribution in [-0.4, -0.2) is 28.3 Å². The summed E-state index contributed by atoms with van der Waals surface area (Å²) in [6.07, 6.45) is 0. The molecule has 1 aliphatic heterocycles. The molecule has 24 heavy (non-hydrogen) atoms. The lowest BCUT2D eigenvalue weighted by molar-refractivity contribution is 0.0955. The standard InChI is InChI=1S/C18H15N3O3/c1-24-13-7-3-5-11(9-13)16-14-15(10-4-2-6-12(22)8-10)19-18(23)17(14)21-20-16/h2-9,15,22H,1H3,(H,19,23)(H,20,21). The Kier molecular flexibility index (Phi) is 3.23. The molecule has 0 radical (unpaired) electrons. The first-order valence-electron chi connectivity index (χ1n) is 7.50. The Morgan fingerprint density at radius 1 is 1.17 bits per heavy atom. The molecule has 3 aromatic rings. The summed E-state index contributed by atoms with van der Waals surface area (Å²) in [4.78, 5) is 12.2. The molecule has 1 amide bonds. The normalized spacial score (nSPS) is 15.9. The predicted molar refractivity (Wildman–Crippen MR) is 88.0 cm³/mol. The van der Waals surface area contributed by atoms with E-state index in [0.717, 1.165) is 22.4 Å². The molecule has 120 valence electrons. The number of phenols is 1. The lowest BCUT2D eigenvalue weighted by Crippen LogP contribution is -2.21. The van der Waals surface area contributed by atoms with Gasteiger partial charge < -0.3 is 15.2 Å². The molecular weight excluding hydrogens is 306 g/mol. The molecule has 1 unspecified atom stereocenters. The molecule has 0 saturated heterocycles. The Hall–Kier alpha value is -3.28. The largest absolute Gasteiger partial charge is 0.508 e. The summed E-state index contributed by atoms with van der Waals surface area (Å²) in [6.45, 7) is 0. The van der Waals surface area contributed by atoms with Crippen LogP contribution in [0.5, 0.6) is 11.5 Å². The maximum atomic E-state index is 12.2. The summed E-state index contributed by atoms with van der Waals surface area (Å²) in [5.74, 6) is 0.664. The number of hydrogen-bond acceptors (Lipinski definition) is 4. The Morgan fingerprint density at radius 3 is 2.79 bits per heavy atom. The highest BCUT2D eigenvalue weighted by Gasteiger charge is 2.35. The number of aromatic amines is 1. The van der Waals surface area contributed by atoms with Crippen molar-refractivity contribution in [2.75, 3.05) is 7.11 Å². The number of aromatic hydroxyl groups is 1. The molecule has 2 aromatic carbocycles. The van der Waals surface area contributed by atoms with Crippen molar-refractivity contribution in [2.45, 2.75) is 6.04 Å². The molecule has 0 spiro atoms. The van der Waals surface area contributed by atoms with E-state index in [2.05, 4.69) is 15.5 Å². The van der Waals surface area contributed by atoms with Crippen LogP contribution >= 0.6 is 0 Å². The topological polar surface area (TPSA) is 87.2 Å². The van der Waals surface area contributed by atoms with Gasteiger partial charge in [0, 0.05) is 11.1 Å². The number of amides is 1. The lowest BCUT2D eigenvalue weighted by atomic mass is 9.96. The number of H-pyrrole nitrogens is 1. The molecule has 1 aliphatic rings. The van der Waals surface area contributed by atoms with Crippen LogP contribution in [0, 0.1) is 0 Å². The number of benzene rings is 2. The van der Waals surface area contributed by atoms with Gasteiger partial charge >= 0.3 is 0 Å². The van der Waals surface area contributed by atoms with Gasteiger partial charge in [0.05, 0.1) is 18.8 Å². The van der Waals surface area contributed by atoms with Gasteiger partial charge in [-0.2, -0.15) is 5.10 Å². The molecule has 1 atom stereocenters. The number of rotatable bonds is 3. The number of hydrogen-bond donors (Lipinski definition) is 3. The van der Waals surface area contributed by atoms with E-state index in [0.29, 0.717) is 11.4 Å². The summed E-state index contributed by atoms with van der Waals surface area (Å²) in [5, 5.41) is 19.8. The van der Waals surface area contributed by atoms with Crippen LogP contribution in [0.4, 0.5) is 0 Å². The predicted octanol–water partition coefficient (Wildman–Crippen LogP) is 2.62. The van der Waals surface area contributed by atoms with Gasteiger partial charge in [0.2, 0.25) is 0 Å². The van der Waals surface area contributed by atoms with Crippen molar-refractivity contribution in [1.82, 2.24) is 15.5 Å². The van der Waals surface area contributed by atoms with Crippen molar-refractivity contribution in [3.05, 3.63) is 65.4 Å². The molecule has 6 nitrogen and oxygen atoms in total. The molecular formula is C18H15N3O3. The van der Waals surface area contributed by atoms with Crippen LogP contribution in [0.2, 0.25) is 0 Å². The number of aromatic nitrogens is 2. The third-order valence-electron chi connectivity index (χ3n) is 4.14. The fourth-order valence-corrected chi connectivity index (χ4v) is 3.03. The zero-order valence-corrected chi connectivity index (χ0v) is 12.9. The second kappa shape index (κ2) is 5.42. The average molecular weight is 321 g/mol. The summed E-state index contributed by atoms with van der Waals surface area (Å²) in [6, 6.07) is 14.0. The second-order valence-corrected chi connectivity index (χ2v) is 5.59. The van der Waals surface area contributed by atoms with Crippen LogP contribution < -0.4 is 10.1 Å². The van der Waals surface area contributed by atoms with E-state index in [4.69, 9.17) is 4.74 Å². The summed E-state index contributed by atoms with van der Waals surface area (Å²) < 4.78 is 5.27. The molecule has 0 saturated carbocycles. The van der Waals surface area contributed by atoms with E-state index in [1.54, 1.807) is 25.3 Å². The van der Waals surface area contributed by atoms with E-state index in [9.17, 15) is 9.90 Å². The van der Waals surface area contributed by atoms with E-state index in [1.165, 1.54) is 0 Å². The van der Waals surface area contributed by atoms with Gasteiger partial charge in [-0.05, 0) is 29.8 Å². The van der Waals surface area contributed by atoms with E-state index < -0.39 is 0 Å². The molecule has 0 bridgehead atoms. The minimum Gasteiger partial charge on any atom is -0.508 e. The van der Waals surface area contributed by atoms with Gasteiger partial charge in [-0.3, -0.25) is 9.89 Å². The first kappa shape index (κ1) is 14.3. The van der Waals surface area contributed by atoms with Gasteiger partial charge in [-0.1, -0.05) is 24.3 Å². The quantitative estimate of drug-likeness (QED) is 0.692. The maximum Gasteiger partial charge on any atom is 0.270 e. The van der Waals surface area contributed by atoms with Gasteiger partial charge in [0.15, 0.2) is 0 Å². The lowest BCUT2D eigenvalue weighted by Gasteiger charge is -2.13. The molecule has 0 fully saturated rings. The first-order chi connectivity index (χ1) is 11.7. The van der Waals surface area contributed by atoms with Crippen LogP contribution in [0.3, 0.4) is 0 Å². The Labute approximate surface area is 138 Å². The molecule has 0 aliphatic carbocycles.